The second-order valence-corrected chi connectivity index (χ2v) is 5.88. The number of hydrogen-bond donors (Lipinski definition) is 2. The molecule has 1 heterocycles. The van der Waals surface area contributed by atoms with Crippen LogP contribution in [0, 0.1) is 0 Å². The van der Waals surface area contributed by atoms with Crippen molar-refractivity contribution in [1.29, 1.82) is 0 Å². The van der Waals surface area contributed by atoms with Gasteiger partial charge in [-0.1, -0.05) is 0 Å². The van der Waals surface area contributed by atoms with Crippen molar-refractivity contribution in [1.82, 2.24) is 15.1 Å². The minimum atomic E-state index is -0.596. The summed E-state index contributed by atoms with van der Waals surface area (Å²) < 4.78 is 11.4. The topological polar surface area (TPSA) is 102 Å². The lowest BCUT2D eigenvalue weighted by atomic mass is 10.2. The highest BCUT2D eigenvalue weighted by atomic mass is 16.6. The molecule has 0 bridgehead atoms. The number of H-pyrrole nitrogens is 1. The molecule has 1 rings (SSSR count). The first-order valence-corrected chi connectivity index (χ1v) is 7.09. The molecule has 8 heteroatoms. The monoisotopic (exact) mass is 313 g/mol. The lowest BCUT2D eigenvalue weighted by molar-refractivity contribution is 0.0501. The Kier molecular flexibility index (Phi) is 5.78. The first-order chi connectivity index (χ1) is 10.1. The lowest BCUT2D eigenvalue weighted by Crippen LogP contribution is -2.40. The van der Waals surface area contributed by atoms with E-state index in [4.69, 9.17) is 9.47 Å². The Morgan fingerprint density at radius 3 is 2.59 bits per heavy atom. The molecule has 0 aliphatic heterocycles. The third kappa shape index (κ3) is 5.63. The van der Waals surface area contributed by atoms with Gasteiger partial charge < -0.3 is 14.8 Å². The number of carbonyl (C=O) groups excluding carboxylic acids is 2. The van der Waals surface area contributed by atoms with E-state index >= 15 is 0 Å². The van der Waals surface area contributed by atoms with E-state index in [9.17, 15) is 14.4 Å². The molecule has 8 nitrogen and oxygen atoms in total. The predicted octanol–water partition coefficient (Wildman–Crippen LogP) is 1.27. The molecule has 1 atom stereocenters. The zero-order valence-corrected chi connectivity index (χ0v) is 13.6. The van der Waals surface area contributed by atoms with Gasteiger partial charge in [0, 0.05) is 12.1 Å². The number of aromatic amines is 1. The van der Waals surface area contributed by atoms with Gasteiger partial charge in [0.2, 0.25) is 0 Å². The lowest BCUT2D eigenvalue weighted by Gasteiger charge is -2.22. The van der Waals surface area contributed by atoms with Gasteiger partial charge in [0.25, 0.3) is 5.56 Å². The van der Waals surface area contributed by atoms with Gasteiger partial charge in [-0.2, -0.15) is 0 Å². The molecule has 2 N–H and O–H groups in total. The van der Waals surface area contributed by atoms with Crippen molar-refractivity contribution in [3.8, 4) is 0 Å². The standard InChI is InChI=1S/C14H23N3O5/c1-6-21-12(19)10-7-11(18)16-17(10)8-9(2)15-13(20)22-14(3,4)5/h7,9H,6,8H2,1-5H3,(H,15,20)(H,16,18). The van der Waals surface area contributed by atoms with Crippen molar-refractivity contribution in [3.63, 3.8) is 0 Å². The minimum absolute atomic E-state index is 0.115. The van der Waals surface area contributed by atoms with Gasteiger partial charge in [0.15, 0.2) is 0 Å². The SMILES string of the molecule is CCOC(=O)c1cc(=O)[nH]n1CC(C)NC(=O)OC(C)(C)C. The Balaban J connectivity index is 2.72. The van der Waals surface area contributed by atoms with E-state index in [1.165, 1.54) is 4.68 Å². The van der Waals surface area contributed by atoms with E-state index < -0.39 is 23.2 Å². The Morgan fingerprint density at radius 1 is 1.41 bits per heavy atom. The molecule has 0 aromatic carbocycles. The van der Waals surface area contributed by atoms with Gasteiger partial charge in [0.05, 0.1) is 13.2 Å². The average Bonchev–Trinajstić information content (AvgIpc) is 2.67. The highest BCUT2D eigenvalue weighted by molar-refractivity contribution is 5.87. The zero-order valence-electron chi connectivity index (χ0n) is 13.6. The average molecular weight is 313 g/mol. The van der Waals surface area contributed by atoms with Crippen LogP contribution >= 0.6 is 0 Å². The van der Waals surface area contributed by atoms with Crippen LogP contribution < -0.4 is 10.9 Å². The van der Waals surface area contributed by atoms with E-state index in [1.54, 1.807) is 34.6 Å². The summed E-state index contributed by atoms with van der Waals surface area (Å²) in [4.78, 5) is 34.9. The van der Waals surface area contributed by atoms with Crippen molar-refractivity contribution >= 4 is 12.1 Å². The number of carbonyl (C=O) groups is 2. The van der Waals surface area contributed by atoms with E-state index in [0.717, 1.165) is 6.07 Å². The second-order valence-electron chi connectivity index (χ2n) is 5.88. The van der Waals surface area contributed by atoms with Gasteiger partial charge in [-0.05, 0) is 34.6 Å². The molecule has 0 saturated carbocycles. The Morgan fingerprint density at radius 2 is 2.05 bits per heavy atom. The van der Waals surface area contributed by atoms with Crippen molar-refractivity contribution in [2.45, 2.75) is 52.8 Å². The maximum Gasteiger partial charge on any atom is 0.407 e. The van der Waals surface area contributed by atoms with Gasteiger partial charge in [-0.15, -0.1) is 0 Å². The fourth-order valence-electron chi connectivity index (χ4n) is 1.77. The van der Waals surface area contributed by atoms with Gasteiger partial charge >= 0.3 is 12.1 Å². The van der Waals surface area contributed by atoms with Crippen LogP contribution in [0.5, 0.6) is 0 Å². The number of amides is 1. The number of alkyl carbamates (subject to hydrolysis) is 1. The molecule has 124 valence electrons. The van der Waals surface area contributed by atoms with E-state index in [-0.39, 0.29) is 24.9 Å². The summed E-state index contributed by atoms with van der Waals surface area (Å²) >= 11 is 0. The second kappa shape index (κ2) is 7.15. The first-order valence-electron chi connectivity index (χ1n) is 7.09. The number of ether oxygens (including phenoxy) is 2. The van der Waals surface area contributed by atoms with Crippen LogP contribution in [0.4, 0.5) is 4.79 Å². The molecule has 1 aromatic heterocycles. The normalized spacial score (nSPS) is 12.6. The van der Waals surface area contributed by atoms with E-state index in [2.05, 4.69) is 10.4 Å². The molecule has 1 amide bonds. The van der Waals surface area contributed by atoms with E-state index in [0.29, 0.717) is 0 Å². The van der Waals surface area contributed by atoms with Crippen molar-refractivity contribution in [2.75, 3.05) is 6.61 Å². The maximum absolute atomic E-state index is 11.8. The van der Waals surface area contributed by atoms with Crippen LogP contribution in [0.25, 0.3) is 0 Å². The summed E-state index contributed by atoms with van der Waals surface area (Å²) in [5, 5.41) is 5.14. The number of nitrogens with one attached hydrogen (secondary N) is 2. The largest absolute Gasteiger partial charge is 0.461 e. The summed E-state index contributed by atoms with van der Waals surface area (Å²) in [6.45, 7) is 9.12. The third-order valence-corrected chi connectivity index (χ3v) is 2.51. The Labute approximate surface area is 128 Å². The third-order valence-electron chi connectivity index (χ3n) is 2.51. The first kappa shape index (κ1) is 17.8. The zero-order chi connectivity index (χ0) is 16.9. The van der Waals surface area contributed by atoms with Gasteiger partial charge in [-0.25, -0.2) is 9.59 Å². The van der Waals surface area contributed by atoms with Crippen molar-refractivity contribution in [2.24, 2.45) is 0 Å². The molecule has 0 spiro atoms. The van der Waals surface area contributed by atoms with Crippen LogP contribution in [0.2, 0.25) is 0 Å². The number of hydrogen-bond acceptors (Lipinski definition) is 5. The highest BCUT2D eigenvalue weighted by Gasteiger charge is 2.20. The predicted molar refractivity (Wildman–Crippen MR) is 79.8 cm³/mol. The minimum Gasteiger partial charge on any atom is -0.461 e. The number of nitrogens with zero attached hydrogens (tertiary/aromatic N) is 1. The van der Waals surface area contributed by atoms with Crippen LogP contribution in [-0.2, 0) is 16.0 Å². The van der Waals surface area contributed by atoms with Gasteiger partial charge in [0.1, 0.15) is 11.3 Å². The maximum atomic E-state index is 11.8. The Bertz CT molecular complexity index is 582. The van der Waals surface area contributed by atoms with Crippen LogP contribution in [0.15, 0.2) is 10.9 Å². The molecule has 0 aliphatic carbocycles. The van der Waals surface area contributed by atoms with E-state index in [1.807, 2.05) is 0 Å². The van der Waals surface area contributed by atoms with Crippen LogP contribution in [0.3, 0.4) is 0 Å². The summed E-state index contributed by atoms with van der Waals surface area (Å²) in [7, 11) is 0. The number of esters is 1. The molecule has 0 radical (unpaired) electrons. The molecule has 22 heavy (non-hydrogen) atoms. The fraction of sp³-hybridized carbons (Fsp3) is 0.643. The van der Waals surface area contributed by atoms with Crippen molar-refractivity contribution < 1.29 is 19.1 Å². The summed E-state index contributed by atoms with van der Waals surface area (Å²) in [6.07, 6.45) is -0.563. The molecule has 0 saturated heterocycles. The van der Waals surface area contributed by atoms with Crippen LogP contribution in [0.1, 0.15) is 45.1 Å². The molecule has 0 aliphatic rings. The molecule has 1 unspecified atom stereocenters. The summed E-state index contributed by atoms with van der Waals surface area (Å²) in [5.74, 6) is -0.592. The quantitative estimate of drug-likeness (QED) is 0.797. The molecular weight excluding hydrogens is 290 g/mol. The van der Waals surface area contributed by atoms with Gasteiger partial charge in [-0.3, -0.25) is 14.6 Å². The fourth-order valence-corrected chi connectivity index (χ4v) is 1.77. The van der Waals surface area contributed by atoms with Crippen molar-refractivity contribution in [3.05, 3.63) is 22.1 Å². The molecular formula is C14H23N3O5. The Hall–Kier alpha value is -2.25. The highest BCUT2D eigenvalue weighted by Crippen LogP contribution is 2.07. The summed E-state index contributed by atoms with van der Waals surface area (Å²) in [6, 6.07) is 0.809. The smallest absolute Gasteiger partial charge is 0.407 e. The number of rotatable bonds is 5. The summed E-state index contributed by atoms with van der Waals surface area (Å²) in [5.41, 5.74) is -0.890. The molecule has 0 fully saturated rings. The van der Waals surface area contributed by atoms with Crippen LogP contribution in [-0.4, -0.2) is 40.1 Å². The number of aromatic nitrogens is 2. The molecule has 1 aromatic rings.